The highest BCUT2D eigenvalue weighted by molar-refractivity contribution is 7.91. The van der Waals surface area contributed by atoms with E-state index < -0.39 is 21.2 Å². The molecule has 1 heterocycles. The predicted octanol–water partition coefficient (Wildman–Crippen LogP) is 0.893. The SMILES string of the molecule is COc1cccc(CC2(N)CCS(=O)(=O)C2)c1F. The molecule has 0 saturated carbocycles. The lowest BCUT2D eigenvalue weighted by Gasteiger charge is -2.22. The van der Waals surface area contributed by atoms with Gasteiger partial charge in [-0.1, -0.05) is 12.1 Å². The van der Waals surface area contributed by atoms with Crippen LogP contribution in [0.4, 0.5) is 4.39 Å². The third kappa shape index (κ3) is 2.64. The number of ether oxygens (including phenoxy) is 1. The van der Waals surface area contributed by atoms with Gasteiger partial charge in [0.15, 0.2) is 21.4 Å². The molecule has 1 fully saturated rings. The summed E-state index contributed by atoms with van der Waals surface area (Å²) in [6, 6.07) is 4.80. The van der Waals surface area contributed by atoms with Gasteiger partial charge >= 0.3 is 0 Å². The Balaban J connectivity index is 2.25. The molecule has 1 unspecified atom stereocenters. The van der Waals surface area contributed by atoms with Gasteiger partial charge in [0.05, 0.1) is 18.6 Å². The Hall–Kier alpha value is -1.14. The van der Waals surface area contributed by atoms with Crippen LogP contribution in [0.2, 0.25) is 0 Å². The van der Waals surface area contributed by atoms with Crippen LogP contribution in [0.25, 0.3) is 0 Å². The van der Waals surface area contributed by atoms with Gasteiger partial charge < -0.3 is 10.5 Å². The number of hydrogen-bond donors (Lipinski definition) is 1. The van der Waals surface area contributed by atoms with Gasteiger partial charge in [0.2, 0.25) is 0 Å². The highest BCUT2D eigenvalue weighted by Crippen LogP contribution is 2.28. The lowest BCUT2D eigenvalue weighted by molar-refractivity contribution is 0.380. The van der Waals surface area contributed by atoms with E-state index in [4.69, 9.17) is 10.5 Å². The second-order valence-electron chi connectivity index (χ2n) is 4.81. The van der Waals surface area contributed by atoms with Crippen molar-refractivity contribution in [1.29, 1.82) is 0 Å². The number of rotatable bonds is 3. The highest BCUT2D eigenvalue weighted by Gasteiger charge is 2.39. The third-order valence-corrected chi connectivity index (χ3v) is 5.06. The topological polar surface area (TPSA) is 69.4 Å². The summed E-state index contributed by atoms with van der Waals surface area (Å²) >= 11 is 0. The van der Waals surface area contributed by atoms with Crippen LogP contribution in [0, 0.1) is 5.82 Å². The lowest BCUT2D eigenvalue weighted by atomic mass is 9.91. The third-order valence-electron chi connectivity index (χ3n) is 3.22. The Morgan fingerprint density at radius 3 is 2.78 bits per heavy atom. The molecule has 0 aromatic heterocycles. The number of sulfone groups is 1. The molecular weight excluding hydrogens is 257 g/mol. The second kappa shape index (κ2) is 4.51. The van der Waals surface area contributed by atoms with Gasteiger partial charge in [-0.3, -0.25) is 0 Å². The summed E-state index contributed by atoms with van der Waals surface area (Å²) in [7, 11) is -1.69. The van der Waals surface area contributed by atoms with Crippen molar-refractivity contribution in [2.24, 2.45) is 5.73 Å². The van der Waals surface area contributed by atoms with Crippen molar-refractivity contribution >= 4 is 9.84 Å². The normalized spacial score (nSPS) is 26.2. The van der Waals surface area contributed by atoms with Crippen LogP contribution in [0.3, 0.4) is 0 Å². The average molecular weight is 273 g/mol. The summed E-state index contributed by atoms with van der Waals surface area (Å²) < 4.78 is 41.7. The van der Waals surface area contributed by atoms with Gasteiger partial charge in [0.25, 0.3) is 0 Å². The summed E-state index contributed by atoms with van der Waals surface area (Å²) in [4.78, 5) is 0. The Morgan fingerprint density at radius 1 is 1.50 bits per heavy atom. The van der Waals surface area contributed by atoms with E-state index in [1.807, 2.05) is 0 Å². The Kier molecular flexibility index (Phi) is 3.33. The van der Waals surface area contributed by atoms with Crippen molar-refractivity contribution in [3.63, 3.8) is 0 Å². The molecule has 2 N–H and O–H groups in total. The van der Waals surface area contributed by atoms with E-state index in [-0.39, 0.29) is 23.7 Å². The van der Waals surface area contributed by atoms with Crippen molar-refractivity contribution in [3.8, 4) is 5.75 Å². The first-order valence-electron chi connectivity index (χ1n) is 5.66. The van der Waals surface area contributed by atoms with Gasteiger partial charge in [-0.15, -0.1) is 0 Å². The molecule has 100 valence electrons. The fourth-order valence-electron chi connectivity index (χ4n) is 2.31. The van der Waals surface area contributed by atoms with E-state index in [0.717, 1.165) is 0 Å². The van der Waals surface area contributed by atoms with Crippen LogP contribution in [-0.4, -0.2) is 32.6 Å². The molecule has 0 spiro atoms. The molecule has 0 radical (unpaired) electrons. The molecule has 0 aliphatic carbocycles. The van der Waals surface area contributed by atoms with Crippen LogP contribution < -0.4 is 10.5 Å². The molecule has 1 aliphatic heterocycles. The first-order valence-corrected chi connectivity index (χ1v) is 7.48. The van der Waals surface area contributed by atoms with E-state index in [0.29, 0.717) is 12.0 Å². The molecule has 18 heavy (non-hydrogen) atoms. The molecule has 1 aromatic rings. The Labute approximate surface area is 106 Å². The molecule has 1 aliphatic rings. The van der Waals surface area contributed by atoms with Gasteiger partial charge in [0, 0.05) is 5.54 Å². The first-order chi connectivity index (χ1) is 8.35. The Bertz CT molecular complexity index is 558. The van der Waals surface area contributed by atoms with E-state index >= 15 is 0 Å². The lowest BCUT2D eigenvalue weighted by Crippen LogP contribution is -2.43. The molecule has 1 atom stereocenters. The van der Waals surface area contributed by atoms with Crippen molar-refractivity contribution in [2.75, 3.05) is 18.6 Å². The fraction of sp³-hybridized carbons (Fsp3) is 0.500. The summed E-state index contributed by atoms with van der Waals surface area (Å²) in [6.45, 7) is 0. The minimum Gasteiger partial charge on any atom is -0.494 e. The minimum atomic E-state index is -3.08. The van der Waals surface area contributed by atoms with Crippen molar-refractivity contribution in [1.82, 2.24) is 0 Å². The zero-order chi connectivity index (χ0) is 13.4. The van der Waals surface area contributed by atoms with Crippen molar-refractivity contribution in [2.45, 2.75) is 18.4 Å². The zero-order valence-corrected chi connectivity index (χ0v) is 11.0. The van der Waals surface area contributed by atoms with Crippen LogP contribution in [0.5, 0.6) is 5.75 Å². The number of nitrogens with two attached hydrogens (primary N) is 1. The van der Waals surface area contributed by atoms with E-state index in [9.17, 15) is 12.8 Å². The molecule has 6 heteroatoms. The van der Waals surface area contributed by atoms with E-state index in [1.54, 1.807) is 12.1 Å². The summed E-state index contributed by atoms with van der Waals surface area (Å²) in [5.74, 6) is -0.322. The minimum absolute atomic E-state index is 0.0785. The average Bonchev–Trinajstić information content (AvgIpc) is 2.56. The monoisotopic (exact) mass is 273 g/mol. The number of halogens is 1. The molecule has 2 rings (SSSR count). The van der Waals surface area contributed by atoms with Crippen LogP contribution in [0.15, 0.2) is 18.2 Å². The van der Waals surface area contributed by atoms with Crippen LogP contribution in [0.1, 0.15) is 12.0 Å². The maximum atomic E-state index is 14.0. The first kappa shape index (κ1) is 13.3. The summed E-state index contributed by atoms with van der Waals surface area (Å²) in [6.07, 6.45) is 0.571. The fourth-order valence-corrected chi connectivity index (χ4v) is 4.29. The van der Waals surface area contributed by atoms with Gasteiger partial charge in [-0.05, 0) is 24.5 Å². The molecular formula is C12H16FNO3S. The van der Waals surface area contributed by atoms with Gasteiger partial charge in [-0.2, -0.15) is 0 Å². The smallest absolute Gasteiger partial charge is 0.168 e. The zero-order valence-electron chi connectivity index (χ0n) is 10.1. The van der Waals surface area contributed by atoms with Gasteiger partial charge in [0.1, 0.15) is 0 Å². The maximum absolute atomic E-state index is 14.0. The molecule has 0 amide bonds. The molecule has 0 bridgehead atoms. The quantitative estimate of drug-likeness (QED) is 0.888. The molecule has 4 nitrogen and oxygen atoms in total. The molecule has 1 aromatic carbocycles. The number of benzene rings is 1. The second-order valence-corrected chi connectivity index (χ2v) is 7.00. The van der Waals surface area contributed by atoms with Gasteiger partial charge in [-0.25, -0.2) is 12.8 Å². The van der Waals surface area contributed by atoms with Crippen molar-refractivity contribution in [3.05, 3.63) is 29.6 Å². The standard InChI is InChI=1S/C12H16FNO3S/c1-17-10-4-2-3-9(11(10)13)7-12(14)5-6-18(15,16)8-12/h2-4H,5-8,14H2,1H3. The number of hydrogen-bond acceptors (Lipinski definition) is 4. The predicted molar refractivity (Wildman–Crippen MR) is 66.8 cm³/mol. The largest absolute Gasteiger partial charge is 0.494 e. The van der Waals surface area contributed by atoms with Crippen LogP contribution in [-0.2, 0) is 16.3 Å². The summed E-state index contributed by atoms with van der Waals surface area (Å²) in [5.41, 5.74) is 5.57. The molecule has 1 saturated heterocycles. The van der Waals surface area contributed by atoms with E-state index in [1.165, 1.54) is 13.2 Å². The Morgan fingerprint density at radius 2 is 2.22 bits per heavy atom. The van der Waals surface area contributed by atoms with E-state index in [2.05, 4.69) is 0 Å². The maximum Gasteiger partial charge on any atom is 0.168 e. The van der Waals surface area contributed by atoms with Crippen molar-refractivity contribution < 1.29 is 17.5 Å². The van der Waals surface area contributed by atoms with Crippen LogP contribution >= 0.6 is 0 Å². The number of methoxy groups -OCH3 is 1. The highest BCUT2D eigenvalue weighted by atomic mass is 32.2. The summed E-state index contributed by atoms with van der Waals surface area (Å²) in [5, 5.41) is 0.